The van der Waals surface area contributed by atoms with Crippen LogP contribution in [0.1, 0.15) is 10.6 Å². The molecule has 2 aromatic carbocycles. The molecule has 0 aliphatic rings. The molecule has 0 radical (unpaired) electrons. The quantitative estimate of drug-likeness (QED) is 0.652. The van der Waals surface area contributed by atoms with Gasteiger partial charge in [0.1, 0.15) is 22.4 Å². The number of ether oxygens (including phenoxy) is 1. The van der Waals surface area contributed by atoms with Crippen molar-refractivity contribution in [3.8, 4) is 23.1 Å². The number of methoxy groups -OCH3 is 1. The Balaban J connectivity index is 1.81. The molecule has 0 spiro atoms. The summed E-state index contributed by atoms with van der Waals surface area (Å²) in [5.41, 5.74) is 4.47. The maximum Gasteiger partial charge on any atom is 0.136 e. The highest BCUT2D eigenvalue weighted by Gasteiger charge is 2.09. The van der Waals surface area contributed by atoms with Gasteiger partial charge in [0, 0.05) is 28.9 Å². The van der Waals surface area contributed by atoms with Crippen LogP contribution >= 0.6 is 11.3 Å². The summed E-state index contributed by atoms with van der Waals surface area (Å²) in [5, 5.41) is 15.2. The van der Waals surface area contributed by atoms with Gasteiger partial charge in [-0.25, -0.2) is 4.98 Å². The lowest BCUT2D eigenvalue weighted by Crippen LogP contribution is -1.92. The maximum absolute atomic E-state index is 9.46. The van der Waals surface area contributed by atoms with E-state index < -0.39 is 0 Å². The summed E-state index contributed by atoms with van der Waals surface area (Å²) in [4.78, 5) is 4.59. The second-order valence-electron chi connectivity index (χ2n) is 5.45. The minimum Gasteiger partial charge on any atom is -0.497 e. The number of thiazole rings is 1. The third-order valence-electron chi connectivity index (χ3n) is 3.66. The lowest BCUT2D eigenvalue weighted by atomic mass is 10.1. The number of anilines is 1. The van der Waals surface area contributed by atoms with Crippen molar-refractivity contribution in [2.24, 2.45) is 0 Å². The Labute approximate surface area is 151 Å². The van der Waals surface area contributed by atoms with Crippen molar-refractivity contribution >= 4 is 22.6 Å². The zero-order valence-corrected chi connectivity index (χ0v) is 14.8. The summed E-state index contributed by atoms with van der Waals surface area (Å²) in [7, 11) is 1.62. The van der Waals surface area contributed by atoms with Crippen LogP contribution in [0.2, 0.25) is 0 Å². The number of aromatic nitrogens is 1. The predicted octanol–water partition coefficient (Wildman–Crippen LogP) is 5.10. The van der Waals surface area contributed by atoms with Gasteiger partial charge in [0.05, 0.1) is 12.8 Å². The Morgan fingerprint density at radius 2 is 2.04 bits per heavy atom. The van der Waals surface area contributed by atoms with Gasteiger partial charge in [-0.1, -0.05) is 35.9 Å². The molecule has 0 saturated carbocycles. The Bertz CT molecular complexity index is 936. The topological polar surface area (TPSA) is 57.9 Å². The molecule has 4 nitrogen and oxygen atoms in total. The van der Waals surface area contributed by atoms with E-state index in [1.807, 2.05) is 41.8 Å². The molecule has 1 heterocycles. The molecule has 5 heteroatoms. The summed E-state index contributed by atoms with van der Waals surface area (Å²) in [6.45, 7) is 2.05. The Kier molecular flexibility index (Phi) is 5.12. The zero-order chi connectivity index (χ0) is 17.6. The molecule has 0 aliphatic heterocycles. The molecule has 0 bridgehead atoms. The average molecular weight is 347 g/mol. The predicted molar refractivity (Wildman–Crippen MR) is 102 cm³/mol. The first-order chi connectivity index (χ1) is 12.2. The molecule has 0 unspecified atom stereocenters. The fourth-order valence-corrected chi connectivity index (χ4v) is 3.06. The number of nitriles is 1. The number of nitrogens with one attached hydrogen (secondary N) is 1. The standard InChI is InChI=1S/C20H17N3OS/c1-14-6-8-15(9-7-14)19-13-25-20(23-19)16(11-21)12-22-17-4-3-5-18(10-17)24-2/h3-10,12-13,22H,1-2H3/b16-12+. The van der Waals surface area contributed by atoms with Crippen LogP contribution < -0.4 is 10.1 Å². The van der Waals surface area contributed by atoms with Gasteiger partial charge in [-0.05, 0) is 19.1 Å². The van der Waals surface area contributed by atoms with Crippen LogP contribution in [0.4, 0.5) is 5.69 Å². The molecule has 0 saturated heterocycles. The molecule has 25 heavy (non-hydrogen) atoms. The Morgan fingerprint density at radius 3 is 2.76 bits per heavy atom. The minimum absolute atomic E-state index is 0.492. The van der Waals surface area contributed by atoms with Gasteiger partial charge in [-0.2, -0.15) is 5.26 Å². The van der Waals surface area contributed by atoms with Gasteiger partial charge in [0.2, 0.25) is 0 Å². The number of rotatable bonds is 5. The Hall–Kier alpha value is -3.10. The third-order valence-corrected chi connectivity index (χ3v) is 4.53. The van der Waals surface area contributed by atoms with Gasteiger partial charge >= 0.3 is 0 Å². The normalized spacial score (nSPS) is 11.0. The number of hydrogen-bond donors (Lipinski definition) is 1. The average Bonchev–Trinajstić information content (AvgIpc) is 3.13. The smallest absolute Gasteiger partial charge is 0.136 e. The first kappa shape index (κ1) is 16.7. The molecule has 0 atom stereocenters. The fraction of sp³-hybridized carbons (Fsp3) is 0.100. The Morgan fingerprint density at radius 1 is 1.24 bits per heavy atom. The molecular formula is C20H17N3OS. The highest BCUT2D eigenvalue weighted by molar-refractivity contribution is 7.11. The summed E-state index contributed by atoms with van der Waals surface area (Å²) in [6, 6.07) is 17.9. The van der Waals surface area contributed by atoms with Crippen molar-refractivity contribution in [1.82, 2.24) is 4.98 Å². The molecule has 3 aromatic rings. The van der Waals surface area contributed by atoms with Crippen LogP contribution in [-0.2, 0) is 0 Å². The van der Waals surface area contributed by atoms with Crippen molar-refractivity contribution in [3.63, 3.8) is 0 Å². The molecule has 124 valence electrons. The van der Waals surface area contributed by atoms with E-state index in [-0.39, 0.29) is 0 Å². The number of benzene rings is 2. The van der Waals surface area contributed by atoms with Crippen molar-refractivity contribution in [2.45, 2.75) is 6.92 Å². The van der Waals surface area contributed by atoms with Gasteiger partial charge in [0.15, 0.2) is 0 Å². The fourth-order valence-electron chi connectivity index (χ4n) is 2.26. The maximum atomic E-state index is 9.46. The van der Waals surface area contributed by atoms with Crippen molar-refractivity contribution in [1.29, 1.82) is 5.26 Å². The summed E-state index contributed by atoms with van der Waals surface area (Å²) in [6.07, 6.45) is 1.67. The van der Waals surface area contributed by atoms with Gasteiger partial charge < -0.3 is 10.1 Å². The van der Waals surface area contributed by atoms with Crippen molar-refractivity contribution in [3.05, 3.63) is 70.7 Å². The van der Waals surface area contributed by atoms with Crippen LogP contribution in [0.25, 0.3) is 16.8 Å². The summed E-state index contributed by atoms with van der Waals surface area (Å²) < 4.78 is 5.20. The first-order valence-corrected chi connectivity index (χ1v) is 8.61. The largest absolute Gasteiger partial charge is 0.497 e. The van der Waals surface area contributed by atoms with Crippen molar-refractivity contribution in [2.75, 3.05) is 12.4 Å². The van der Waals surface area contributed by atoms with Gasteiger partial charge in [-0.3, -0.25) is 0 Å². The van der Waals surface area contributed by atoms with E-state index >= 15 is 0 Å². The zero-order valence-electron chi connectivity index (χ0n) is 14.0. The lowest BCUT2D eigenvalue weighted by molar-refractivity contribution is 0.415. The monoisotopic (exact) mass is 347 g/mol. The van der Waals surface area contributed by atoms with E-state index in [0.717, 1.165) is 22.7 Å². The van der Waals surface area contributed by atoms with E-state index in [1.165, 1.54) is 16.9 Å². The molecule has 3 rings (SSSR count). The molecule has 1 aromatic heterocycles. The highest BCUT2D eigenvalue weighted by atomic mass is 32.1. The van der Waals surface area contributed by atoms with E-state index in [4.69, 9.17) is 4.74 Å². The van der Waals surface area contributed by atoms with E-state index in [9.17, 15) is 5.26 Å². The van der Waals surface area contributed by atoms with Crippen LogP contribution in [-0.4, -0.2) is 12.1 Å². The number of aryl methyl sites for hydroxylation is 1. The van der Waals surface area contributed by atoms with E-state index in [0.29, 0.717) is 10.6 Å². The molecule has 1 N–H and O–H groups in total. The van der Waals surface area contributed by atoms with E-state index in [2.05, 4.69) is 35.4 Å². The number of allylic oxidation sites excluding steroid dienone is 1. The first-order valence-electron chi connectivity index (χ1n) is 7.73. The third kappa shape index (κ3) is 4.06. The summed E-state index contributed by atoms with van der Waals surface area (Å²) >= 11 is 1.46. The van der Waals surface area contributed by atoms with Crippen LogP contribution in [0.15, 0.2) is 60.1 Å². The van der Waals surface area contributed by atoms with Crippen LogP contribution in [0.3, 0.4) is 0 Å². The van der Waals surface area contributed by atoms with Crippen molar-refractivity contribution < 1.29 is 4.74 Å². The highest BCUT2D eigenvalue weighted by Crippen LogP contribution is 2.26. The van der Waals surface area contributed by atoms with Crippen LogP contribution in [0, 0.1) is 18.3 Å². The second kappa shape index (κ2) is 7.65. The molecule has 0 fully saturated rings. The molecule has 0 aliphatic carbocycles. The van der Waals surface area contributed by atoms with Crippen LogP contribution in [0.5, 0.6) is 5.75 Å². The minimum atomic E-state index is 0.492. The summed E-state index contributed by atoms with van der Waals surface area (Å²) in [5.74, 6) is 0.757. The second-order valence-corrected chi connectivity index (χ2v) is 6.31. The van der Waals surface area contributed by atoms with Gasteiger partial charge in [-0.15, -0.1) is 11.3 Å². The lowest BCUT2D eigenvalue weighted by Gasteiger charge is -2.04. The number of hydrogen-bond acceptors (Lipinski definition) is 5. The molecule has 0 amide bonds. The van der Waals surface area contributed by atoms with Gasteiger partial charge in [0.25, 0.3) is 0 Å². The SMILES string of the molecule is COc1cccc(N/C=C(\C#N)c2nc(-c3ccc(C)cc3)cs2)c1. The van der Waals surface area contributed by atoms with E-state index in [1.54, 1.807) is 13.3 Å². The number of nitrogens with zero attached hydrogens (tertiary/aromatic N) is 2. The molecular weight excluding hydrogens is 330 g/mol.